The molecule has 1 aromatic carbocycles. The number of terminal acetylenes is 1. The van der Waals surface area contributed by atoms with Gasteiger partial charge in [0.25, 0.3) is 0 Å². The fraction of sp³-hybridized carbons (Fsp3) is 0.400. The molecule has 1 unspecified atom stereocenters. The zero-order valence-electron chi connectivity index (χ0n) is 11.3. The van der Waals surface area contributed by atoms with E-state index in [-0.39, 0.29) is 24.5 Å². The maximum atomic E-state index is 11.3. The van der Waals surface area contributed by atoms with Gasteiger partial charge in [0, 0.05) is 12.1 Å². The molecular formula is C15H20N2O2. The van der Waals surface area contributed by atoms with Crippen molar-refractivity contribution in [1.82, 2.24) is 5.32 Å². The Kier molecular flexibility index (Phi) is 5.91. The topological polar surface area (TPSA) is 64.3 Å². The molecule has 0 aliphatic rings. The third-order valence-electron chi connectivity index (χ3n) is 2.77. The Morgan fingerprint density at radius 3 is 2.74 bits per heavy atom. The van der Waals surface area contributed by atoms with Crippen molar-refractivity contribution in [2.45, 2.75) is 26.4 Å². The first kappa shape index (κ1) is 15.1. The van der Waals surface area contributed by atoms with E-state index in [1.54, 1.807) is 0 Å². The number of benzene rings is 1. The molecule has 0 aliphatic heterocycles. The molecule has 4 nitrogen and oxygen atoms in total. The van der Waals surface area contributed by atoms with Crippen molar-refractivity contribution in [3.05, 3.63) is 29.8 Å². The SMILES string of the molecule is C#CCOc1ccccc1CNC(C(N)=O)C(C)C. The number of carbonyl (C=O) groups is 1. The van der Waals surface area contributed by atoms with Crippen molar-refractivity contribution in [3.63, 3.8) is 0 Å². The van der Waals surface area contributed by atoms with E-state index in [0.717, 1.165) is 11.3 Å². The van der Waals surface area contributed by atoms with Gasteiger partial charge in [0.1, 0.15) is 12.4 Å². The van der Waals surface area contributed by atoms with Gasteiger partial charge in [-0.15, -0.1) is 6.42 Å². The average Bonchev–Trinajstić information content (AvgIpc) is 2.37. The van der Waals surface area contributed by atoms with Crippen LogP contribution in [0.25, 0.3) is 0 Å². The van der Waals surface area contributed by atoms with Crippen LogP contribution in [0.2, 0.25) is 0 Å². The van der Waals surface area contributed by atoms with Crippen molar-refractivity contribution >= 4 is 5.91 Å². The zero-order valence-corrected chi connectivity index (χ0v) is 11.3. The van der Waals surface area contributed by atoms with Crippen LogP contribution >= 0.6 is 0 Å². The van der Waals surface area contributed by atoms with Crippen LogP contribution in [0.1, 0.15) is 19.4 Å². The number of carbonyl (C=O) groups excluding carboxylic acids is 1. The quantitative estimate of drug-likeness (QED) is 0.726. The van der Waals surface area contributed by atoms with Crippen LogP contribution in [-0.2, 0) is 11.3 Å². The summed E-state index contributed by atoms with van der Waals surface area (Å²) >= 11 is 0. The monoisotopic (exact) mass is 260 g/mol. The maximum absolute atomic E-state index is 11.3. The highest BCUT2D eigenvalue weighted by Gasteiger charge is 2.18. The van der Waals surface area contributed by atoms with Gasteiger partial charge < -0.3 is 15.8 Å². The molecule has 3 N–H and O–H groups in total. The first-order valence-corrected chi connectivity index (χ1v) is 6.23. The molecule has 0 radical (unpaired) electrons. The number of amides is 1. The van der Waals surface area contributed by atoms with Crippen LogP contribution in [0, 0.1) is 18.3 Å². The molecule has 1 aromatic rings. The van der Waals surface area contributed by atoms with Crippen LogP contribution in [0.4, 0.5) is 0 Å². The molecule has 0 aromatic heterocycles. The molecule has 0 saturated heterocycles. The minimum atomic E-state index is -0.360. The molecule has 0 heterocycles. The summed E-state index contributed by atoms with van der Waals surface area (Å²) in [6.45, 7) is 4.62. The van der Waals surface area contributed by atoms with Crippen molar-refractivity contribution in [1.29, 1.82) is 0 Å². The van der Waals surface area contributed by atoms with E-state index >= 15 is 0 Å². The summed E-state index contributed by atoms with van der Waals surface area (Å²) in [6.07, 6.45) is 5.18. The standard InChI is InChI=1S/C15H20N2O2/c1-4-9-19-13-8-6-5-7-12(13)10-17-14(11(2)3)15(16)18/h1,5-8,11,14,17H,9-10H2,2-3H3,(H2,16,18). The Hall–Kier alpha value is -1.99. The van der Waals surface area contributed by atoms with Gasteiger partial charge in [0.15, 0.2) is 0 Å². The Morgan fingerprint density at radius 2 is 2.16 bits per heavy atom. The van der Waals surface area contributed by atoms with Crippen molar-refractivity contribution < 1.29 is 9.53 Å². The highest BCUT2D eigenvalue weighted by molar-refractivity contribution is 5.80. The lowest BCUT2D eigenvalue weighted by Gasteiger charge is -2.19. The molecule has 4 heteroatoms. The van der Waals surface area contributed by atoms with E-state index in [1.807, 2.05) is 38.1 Å². The molecule has 1 amide bonds. The minimum absolute atomic E-state index is 0.135. The third-order valence-corrected chi connectivity index (χ3v) is 2.77. The van der Waals surface area contributed by atoms with E-state index < -0.39 is 0 Å². The molecule has 102 valence electrons. The van der Waals surface area contributed by atoms with Crippen LogP contribution < -0.4 is 15.8 Å². The Balaban J connectivity index is 2.71. The second kappa shape index (κ2) is 7.45. The largest absolute Gasteiger partial charge is 0.481 e. The third kappa shape index (κ3) is 4.65. The van der Waals surface area contributed by atoms with Gasteiger partial charge in [-0.2, -0.15) is 0 Å². The molecule has 0 spiro atoms. The predicted octanol–water partition coefficient (Wildman–Crippen LogP) is 1.30. The predicted molar refractivity (Wildman–Crippen MR) is 75.4 cm³/mol. The molecule has 0 bridgehead atoms. The molecule has 19 heavy (non-hydrogen) atoms. The summed E-state index contributed by atoms with van der Waals surface area (Å²) < 4.78 is 5.45. The Morgan fingerprint density at radius 1 is 1.47 bits per heavy atom. The van der Waals surface area contributed by atoms with Gasteiger partial charge in [-0.05, 0) is 12.0 Å². The number of rotatable bonds is 7. The van der Waals surface area contributed by atoms with Crippen LogP contribution in [0.3, 0.4) is 0 Å². The average molecular weight is 260 g/mol. The summed E-state index contributed by atoms with van der Waals surface area (Å²) in [5.74, 6) is 2.94. The lowest BCUT2D eigenvalue weighted by atomic mass is 10.0. The van der Waals surface area contributed by atoms with Crippen molar-refractivity contribution in [2.24, 2.45) is 11.7 Å². The van der Waals surface area contributed by atoms with Crippen molar-refractivity contribution in [2.75, 3.05) is 6.61 Å². The first-order chi connectivity index (χ1) is 9.06. The molecule has 0 aliphatic carbocycles. The lowest BCUT2D eigenvalue weighted by molar-refractivity contribution is -0.121. The maximum Gasteiger partial charge on any atom is 0.234 e. The molecule has 1 atom stereocenters. The zero-order chi connectivity index (χ0) is 14.3. The highest BCUT2D eigenvalue weighted by atomic mass is 16.5. The summed E-state index contributed by atoms with van der Waals surface area (Å²) in [5.41, 5.74) is 6.31. The van der Waals surface area contributed by atoms with E-state index in [4.69, 9.17) is 16.9 Å². The van der Waals surface area contributed by atoms with E-state index in [0.29, 0.717) is 6.54 Å². The lowest BCUT2D eigenvalue weighted by Crippen LogP contribution is -2.44. The summed E-state index contributed by atoms with van der Waals surface area (Å²) in [5, 5.41) is 3.15. The summed E-state index contributed by atoms with van der Waals surface area (Å²) in [6, 6.07) is 7.21. The van der Waals surface area contributed by atoms with Crippen LogP contribution in [0.15, 0.2) is 24.3 Å². The number of nitrogens with one attached hydrogen (secondary N) is 1. The number of para-hydroxylation sites is 1. The smallest absolute Gasteiger partial charge is 0.234 e. The minimum Gasteiger partial charge on any atom is -0.481 e. The van der Waals surface area contributed by atoms with Crippen molar-refractivity contribution in [3.8, 4) is 18.1 Å². The molecule has 1 rings (SSSR count). The number of hydrogen-bond donors (Lipinski definition) is 2. The van der Waals surface area contributed by atoms with E-state index in [1.165, 1.54) is 0 Å². The fourth-order valence-electron chi connectivity index (χ4n) is 1.79. The second-order valence-electron chi connectivity index (χ2n) is 4.61. The van der Waals surface area contributed by atoms with Gasteiger partial charge >= 0.3 is 0 Å². The van der Waals surface area contributed by atoms with Gasteiger partial charge in [-0.3, -0.25) is 4.79 Å². The highest BCUT2D eigenvalue weighted by Crippen LogP contribution is 2.18. The normalized spacial score (nSPS) is 11.9. The number of ether oxygens (including phenoxy) is 1. The van der Waals surface area contributed by atoms with Gasteiger partial charge in [-0.1, -0.05) is 38.0 Å². The summed E-state index contributed by atoms with van der Waals surface area (Å²) in [4.78, 5) is 11.3. The fourth-order valence-corrected chi connectivity index (χ4v) is 1.79. The Labute approximate surface area is 114 Å². The van der Waals surface area contributed by atoms with Gasteiger partial charge in [0.2, 0.25) is 5.91 Å². The molecule has 0 saturated carbocycles. The van der Waals surface area contributed by atoms with Gasteiger partial charge in [0.05, 0.1) is 6.04 Å². The number of nitrogens with two attached hydrogens (primary N) is 1. The van der Waals surface area contributed by atoms with E-state index in [2.05, 4.69) is 11.2 Å². The first-order valence-electron chi connectivity index (χ1n) is 6.23. The summed E-state index contributed by atoms with van der Waals surface area (Å²) in [7, 11) is 0. The second-order valence-corrected chi connectivity index (χ2v) is 4.61. The number of primary amides is 1. The molecule has 0 fully saturated rings. The Bertz CT molecular complexity index is 463. The van der Waals surface area contributed by atoms with Crippen LogP contribution in [-0.4, -0.2) is 18.6 Å². The van der Waals surface area contributed by atoms with Gasteiger partial charge in [-0.25, -0.2) is 0 Å². The van der Waals surface area contributed by atoms with Crippen LogP contribution in [0.5, 0.6) is 5.75 Å². The number of hydrogen-bond acceptors (Lipinski definition) is 3. The van der Waals surface area contributed by atoms with E-state index in [9.17, 15) is 4.79 Å². The molecular weight excluding hydrogens is 240 g/mol.